The van der Waals surface area contributed by atoms with Gasteiger partial charge in [0.1, 0.15) is 12.1 Å². The summed E-state index contributed by atoms with van der Waals surface area (Å²) in [4.78, 5) is 41.6. The lowest BCUT2D eigenvalue weighted by molar-refractivity contribution is -0.140. The fraction of sp³-hybridized carbons (Fsp3) is 0.542. The maximum absolute atomic E-state index is 13.2. The zero-order valence-corrected chi connectivity index (χ0v) is 18.1. The summed E-state index contributed by atoms with van der Waals surface area (Å²) in [6, 6.07) is 9.71. The molecule has 6 heteroatoms. The second-order valence-electron chi connectivity index (χ2n) is 9.94. The van der Waals surface area contributed by atoms with Gasteiger partial charge < -0.3 is 10.2 Å². The largest absolute Gasteiger partial charge is 0.337 e. The number of imide groups is 1. The average Bonchev–Trinajstić information content (AvgIpc) is 2.90. The van der Waals surface area contributed by atoms with Crippen LogP contribution in [0.15, 0.2) is 36.4 Å². The summed E-state index contributed by atoms with van der Waals surface area (Å²) in [5.74, 6) is -0.0719. The Morgan fingerprint density at radius 2 is 1.90 bits per heavy atom. The molecule has 30 heavy (non-hydrogen) atoms. The van der Waals surface area contributed by atoms with Gasteiger partial charge in [-0.15, -0.1) is 0 Å². The van der Waals surface area contributed by atoms with Crippen molar-refractivity contribution in [2.24, 2.45) is 11.3 Å². The highest BCUT2D eigenvalue weighted by atomic mass is 16.2. The molecule has 1 saturated heterocycles. The monoisotopic (exact) mass is 409 g/mol. The minimum Gasteiger partial charge on any atom is -0.337 e. The van der Waals surface area contributed by atoms with Crippen LogP contribution < -0.4 is 5.32 Å². The third-order valence-electron chi connectivity index (χ3n) is 6.62. The van der Waals surface area contributed by atoms with Gasteiger partial charge in [0, 0.05) is 13.1 Å². The Kier molecular flexibility index (Phi) is 5.20. The Balaban J connectivity index is 1.42. The number of urea groups is 1. The predicted octanol–water partition coefficient (Wildman–Crippen LogP) is 3.44. The highest BCUT2D eigenvalue weighted by Crippen LogP contribution is 2.46. The molecular weight excluding hydrogens is 378 g/mol. The standard InChI is InChI=1S/C24H31N3O3/c1-17-13-23(2,3)16-24(14-17)21(29)27(22(30)25-24)15-20(28)26-11-9-19(10-12-26)18-7-5-4-6-8-18/h4-9,17H,10-16H2,1-3H3,(H,25,30)/t17-,24+/m0/s1. The van der Waals surface area contributed by atoms with E-state index in [0.29, 0.717) is 31.8 Å². The van der Waals surface area contributed by atoms with Crippen LogP contribution in [-0.2, 0) is 9.59 Å². The van der Waals surface area contributed by atoms with Crippen molar-refractivity contribution in [3.8, 4) is 0 Å². The number of hydrogen-bond acceptors (Lipinski definition) is 3. The summed E-state index contributed by atoms with van der Waals surface area (Å²) >= 11 is 0. The third kappa shape index (κ3) is 3.87. The van der Waals surface area contributed by atoms with E-state index in [1.165, 1.54) is 11.1 Å². The molecule has 0 bridgehead atoms. The summed E-state index contributed by atoms with van der Waals surface area (Å²) in [7, 11) is 0. The minimum atomic E-state index is -0.860. The number of nitrogens with zero attached hydrogens (tertiary/aromatic N) is 2. The van der Waals surface area contributed by atoms with E-state index in [1.54, 1.807) is 4.90 Å². The first kappa shape index (κ1) is 20.6. The van der Waals surface area contributed by atoms with Crippen LogP contribution in [-0.4, -0.2) is 52.8 Å². The molecule has 0 radical (unpaired) electrons. The minimum absolute atomic E-state index is 0.0217. The molecule has 6 nitrogen and oxygen atoms in total. The Labute approximate surface area is 178 Å². The number of carbonyl (C=O) groups excluding carboxylic acids is 3. The summed E-state index contributed by atoms with van der Waals surface area (Å²) in [5.41, 5.74) is 1.52. The molecule has 2 atom stereocenters. The van der Waals surface area contributed by atoms with Gasteiger partial charge in [0.15, 0.2) is 0 Å². The van der Waals surface area contributed by atoms with Crippen molar-refractivity contribution in [3.05, 3.63) is 42.0 Å². The van der Waals surface area contributed by atoms with Crippen LogP contribution in [0.25, 0.3) is 5.57 Å². The van der Waals surface area contributed by atoms with Gasteiger partial charge in [0.25, 0.3) is 5.91 Å². The molecule has 2 aliphatic heterocycles. The lowest BCUT2D eigenvalue weighted by Gasteiger charge is -2.43. The van der Waals surface area contributed by atoms with E-state index in [2.05, 4.69) is 44.3 Å². The molecule has 3 aliphatic rings. The van der Waals surface area contributed by atoms with Crippen LogP contribution >= 0.6 is 0 Å². The molecule has 160 valence electrons. The zero-order chi connectivity index (χ0) is 21.5. The van der Waals surface area contributed by atoms with Crippen LogP contribution in [0, 0.1) is 11.3 Å². The van der Waals surface area contributed by atoms with E-state index in [1.807, 2.05) is 18.2 Å². The Morgan fingerprint density at radius 1 is 1.17 bits per heavy atom. The molecule has 4 rings (SSSR count). The van der Waals surface area contributed by atoms with Gasteiger partial charge in [0.05, 0.1) is 0 Å². The second-order valence-corrected chi connectivity index (χ2v) is 9.94. The number of amides is 4. The van der Waals surface area contributed by atoms with Crippen molar-refractivity contribution in [1.29, 1.82) is 0 Å². The van der Waals surface area contributed by atoms with Gasteiger partial charge in [-0.1, -0.05) is 57.2 Å². The van der Waals surface area contributed by atoms with Crippen LogP contribution in [0.1, 0.15) is 52.0 Å². The molecule has 2 fully saturated rings. The fourth-order valence-electron chi connectivity index (χ4n) is 5.69. The smallest absolute Gasteiger partial charge is 0.325 e. The summed E-state index contributed by atoms with van der Waals surface area (Å²) in [6.45, 7) is 7.32. The maximum atomic E-state index is 13.2. The number of rotatable bonds is 3. The first-order valence-corrected chi connectivity index (χ1v) is 10.9. The molecule has 0 aromatic heterocycles. The number of nitrogens with one attached hydrogen (secondary N) is 1. The first-order chi connectivity index (χ1) is 14.2. The summed E-state index contributed by atoms with van der Waals surface area (Å²) in [6.07, 6.45) is 5.12. The molecular formula is C24H31N3O3. The third-order valence-corrected chi connectivity index (χ3v) is 6.62. The van der Waals surface area contributed by atoms with Gasteiger partial charge in [-0.2, -0.15) is 0 Å². The molecule has 2 heterocycles. The SMILES string of the molecule is C[C@H]1CC(C)(C)C[C@@]2(C1)NC(=O)N(CC(=O)N1CC=C(c3ccccc3)CC1)C2=O. The number of carbonyl (C=O) groups is 3. The van der Waals surface area contributed by atoms with Crippen molar-refractivity contribution < 1.29 is 14.4 Å². The predicted molar refractivity (Wildman–Crippen MR) is 115 cm³/mol. The zero-order valence-electron chi connectivity index (χ0n) is 18.1. The van der Waals surface area contributed by atoms with Gasteiger partial charge >= 0.3 is 6.03 Å². The van der Waals surface area contributed by atoms with Crippen molar-refractivity contribution >= 4 is 23.4 Å². The lowest BCUT2D eigenvalue weighted by Crippen LogP contribution is -2.54. The van der Waals surface area contributed by atoms with E-state index >= 15 is 0 Å². The summed E-state index contributed by atoms with van der Waals surface area (Å²) < 4.78 is 0. The van der Waals surface area contributed by atoms with Gasteiger partial charge in [-0.05, 0) is 48.2 Å². The molecule has 1 spiro atoms. The van der Waals surface area contributed by atoms with E-state index < -0.39 is 11.6 Å². The van der Waals surface area contributed by atoms with Gasteiger partial charge in [-0.3, -0.25) is 14.5 Å². The van der Waals surface area contributed by atoms with Crippen molar-refractivity contribution in [3.63, 3.8) is 0 Å². The van der Waals surface area contributed by atoms with E-state index in [0.717, 1.165) is 17.7 Å². The Morgan fingerprint density at radius 3 is 2.53 bits per heavy atom. The molecule has 1 aromatic carbocycles. The molecule has 1 N–H and O–H groups in total. The molecule has 0 unspecified atom stereocenters. The topological polar surface area (TPSA) is 69.7 Å². The highest BCUT2D eigenvalue weighted by Gasteiger charge is 2.56. The highest BCUT2D eigenvalue weighted by molar-refractivity contribution is 6.09. The fourth-order valence-corrected chi connectivity index (χ4v) is 5.69. The quantitative estimate of drug-likeness (QED) is 0.778. The maximum Gasteiger partial charge on any atom is 0.325 e. The molecule has 1 saturated carbocycles. The van der Waals surface area contributed by atoms with Crippen LogP contribution in [0.3, 0.4) is 0 Å². The van der Waals surface area contributed by atoms with Crippen LogP contribution in [0.4, 0.5) is 4.79 Å². The molecule has 1 aromatic rings. The Hall–Kier alpha value is -2.63. The second kappa shape index (κ2) is 7.56. The lowest BCUT2D eigenvalue weighted by atomic mass is 9.64. The van der Waals surface area contributed by atoms with Crippen molar-refractivity contribution in [2.45, 2.75) is 52.0 Å². The van der Waals surface area contributed by atoms with Gasteiger partial charge in [0.2, 0.25) is 5.91 Å². The number of benzene rings is 1. The van der Waals surface area contributed by atoms with E-state index in [9.17, 15) is 14.4 Å². The Bertz CT molecular complexity index is 892. The van der Waals surface area contributed by atoms with Gasteiger partial charge in [-0.25, -0.2) is 4.79 Å². The number of hydrogen-bond donors (Lipinski definition) is 1. The van der Waals surface area contributed by atoms with Crippen LogP contribution in [0.2, 0.25) is 0 Å². The van der Waals surface area contributed by atoms with Crippen molar-refractivity contribution in [1.82, 2.24) is 15.1 Å². The van der Waals surface area contributed by atoms with Crippen LogP contribution in [0.5, 0.6) is 0 Å². The molecule has 1 aliphatic carbocycles. The van der Waals surface area contributed by atoms with Crippen molar-refractivity contribution in [2.75, 3.05) is 19.6 Å². The first-order valence-electron chi connectivity index (χ1n) is 10.9. The molecule has 4 amide bonds. The van der Waals surface area contributed by atoms with E-state index in [-0.39, 0.29) is 23.8 Å². The van der Waals surface area contributed by atoms with E-state index in [4.69, 9.17) is 0 Å². The summed E-state index contributed by atoms with van der Waals surface area (Å²) in [5, 5.41) is 2.95. The normalized spacial score (nSPS) is 28.5. The average molecular weight is 410 g/mol.